The highest BCUT2D eigenvalue weighted by Gasteiger charge is 2.13. The van der Waals surface area contributed by atoms with E-state index >= 15 is 0 Å². The molecule has 0 aliphatic carbocycles. The summed E-state index contributed by atoms with van der Waals surface area (Å²) in [5, 5.41) is 12.5. The number of carbonyl (C=O) groups is 1. The monoisotopic (exact) mass is 291 g/mol. The summed E-state index contributed by atoms with van der Waals surface area (Å²) >= 11 is 0. The summed E-state index contributed by atoms with van der Waals surface area (Å²) in [6.45, 7) is 9.30. The maximum atomic E-state index is 10.9. The van der Waals surface area contributed by atoms with Crippen molar-refractivity contribution in [3.8, 4) is 0 Å². The standard InChI is InChI=1S/C18H29NO2/c1-13(2)6-5-7-14(3)19-12-16-8-10-17(11-9-16)15(4)18(20)21/h8-11,13-15,19H,5-7,12H2,1-4H3,(H,20,21). The zero-order chi connectivity index (χ0) is 15.8. The topological polar surface area (TPSA) is 49.3 Å². The Labute approximate surface area is 128 Å². The van der Waals surface area contributed by atoms with Crippen LogP contribution in [-0.2, 0) is 11.3 Å². The van der Waals surface area contributed by atoms with E-state index in [1.54, 1.807) is 6.92 Å². The van der Waals surface area contributed by atoms with E-state index in [9.17, 15) is 4.79 Å². The van der Waals surface area contributed by atoms with Gasteiger partial charge in [-0.15, -0.1) is 0 Å². The van der Waals surface area contributed by atoms with Gasteiger partial charge in [0.25, 0.3) is 0 Å². The molecule has 3 heteroatoms. The molecule has 0 aliphatic rings. The molecule has 0 radical (unpaired) electrons. The number of hydrogen-bond acceptors (Lipinski definition) is 2. The number of carboxylic acids is 1. The SMILES string of the molecule is CC(C)CCCC(C)NCc1ccc(C(C)C(=O)O)cc1. The Bertz CT molecular complexity index is 425. The van der Waals surface area contributed by atoms with Crippen LogP contribution in [0, 0.1) is 5.92 Å². The third-order valence-corrected chi connectivity index (χ3v) is 3.92. The Balaban J connectivity index is 2.37. The van der Waals surface area contributed by atoms with E-state index in [1.165, 1.54) is 24.8 Å². The van der Waals surface area contributed by atoms with Crippen LogP contribution in [0.3, 0.4) is 0 Å². The molecule has 2 N–H and O–H groups in total. The molecule has 0 fully saturated rings. The molecule has 3 nitrogen and oxygen atoms in total. The maximum absolute atomic E-state index is 10.9. The molecule has 118 valence electrons. The van der Waals surface area contributed by atoms with E-state index in [0.717, 1.165) is 18.0 Å². The van der Waals surface area contributed by atoms with Crippen LogP contribution in [0.2, 0.25) is 0 Å². The van der Waals surface area contributed by atoms with Crippen LogP contribution >= 0.6 is 0 Å². The highest BCUT2D eigenvalue weighted by molar-refractivity contribution is 5.75. The summed E-state index contributed by atoms with van der Waals surface area (Å²) in [5.41, 5.74) is 2.06. The molecule has 0 heterocycles. The number of benzene rings is 1. The van der Waals surface area contributed by atoms with Gasteiger partial charge in [-0.3, -0.25) is 4.79 Å². The minimum absolute atomic E-state index is 0.443. The van der Waals surface area contributed by atoms with Crippen molar-refractivity contribution in [2.24, 2.45) is 5.92 Å². The number of rotatable bonds is 9. The van der Waals surface area contributed by atoms with Crippen LogP contribution in [0.25, 0.3) is 0 Å². The minimum atomic E-state index is -0.778. The second-order valence-electron chi connectivity index (χ2n) is 6.41. The van der Waals surface area contributed by atoms with Gasteiger partial charge in [-0.25, -0.2) is 0 Å². The number of hydrogen-bond donors (Lipinski definition) is 2. The largest absolute Gasteiger partial charge is 0.481 e. The second-order valence-corrected chi connectivity index (χ2v) is 6.41. The van der Waals surface area contributed by atoms with Gasteiger partial charge in [0, 0.05) is 12.6 Å². The lowest BCUT2D eigenvalue weighted by molar-refractivity contribution is -0.138. The van der Waals surface area contributed by atoms with Crippen molar-refractivity contribution in [1.82, 2.24) is 5.32 Å². The molecule has 2 unspecified atom stereocenters. The Morgan fingerprint density at radius 3 is 2.24 bits per heavy atom. The van der Waals surface area contributed by atoms with Gasteiger partial charge in [0.15, 0.2) is 0 Å². The Hall–Kier alpha value is -1.35. The van der Waals surface area contributed by atoms with Gasteiger partial charge < -0.3 is 10.4 Å². The van der Waals surface area contributed by atoms with Gasteiger partial charge in [-0.1, -0.05) is 51.0 Å². The van der Waals surface area contributed by atoms with Crippen molar-refractivity contribution in [3.63, 3.8) is 0 Å². The molecule has 0 saturated carbocycles. The lowest BCUT2D eigenvalue weighted by Crippen LogP contribution is -2.25. The maximum Gasteiger partial charge on any atom is 0.310 e. The lowest BCUT2D eigenvalue weighted by atomic mass is 10.00. The molecule has 0 saturated heterocycles. The second kappa shape index (κ2) is 8.83. The number of aliphatic carboxylic acids is 1. The zero-order valence-electron chi connectivity index (χ0n) is 13.7. The molecule has 2 atom stereocenters. The average molecular weight is 291 g/mol. The van der Waals surface area contributed by atoms with Gasteiger partial charge in [-0.05, 0) is 37.3 Å². The smallest absolute Gasteiger partial charge is 0.310 e. The van der Waals surface area contributed by atoms with E-state index in [2.05, 4.69) is 26.1 Å². The Morgan fingerprint density at radius 1 is 1.10 bits per heavy atom. The molecular weight excluding hydrogens is 262 g/mol. The quantitative estimate of drug-likeness (QED) is 0.717. The van der Waals surface area contributed by atoms with Crippen LogP contribution in [-0.4, -0.2) is 17.1 Å². The highest BCUT2D eigenvalue weighted by atomic mass is 16.4. The van der Waals surface area contributed by atoms with E-state index in [1.807, 2.05) is 24.3 Å². The van der Waals surface area contributed by atoms with Crippen LogP contribution in [0.1, 0.15) is 64.0 Å². The summed E-state index contributed by atoms with van der Waals surface area (Å²) in [4.78, 5) is 10.9. The Kier molecular flexibility index (Phi) is 7.44. The molecule has 0 spiro atoms. The lowest BCUT2D eigenvalue weighted by Gasteiger charge is -2.15. The predicted molar refractivity (Wildman–Crippen MR) is 87.5 cm³/mol. The predicted octanol–water partition coefficient (Wildman–Crippen LogP) is 4.18. The molecule has 0 amide bonds. The molecule has 0 aromatic heterocycles. The van der Waals surface area contributed by atoms with Gasteiger partial charge in [-0.2, -0.15) is 0 Å². The van der Waals surface area contributed by atoms with Crippen LogP contribution < -0.4 is 5.32 Å². The first-order chi connectivity index (χ1) is 9.90. The molecule has 0 bridgehead atoms. The van der Waals surface area contributed by atoms with Crippen LogP contribution in [0.4, 0.5) is 0 Å². The Morgan fingerprint density at radius 2 is 1.71 bits per heavy atom. The summed E-state index contributed by atoms with van der Waals surface area (Å²) in [7, 11) is 0. The van der Waals surface area contributed by atoms with Crippen molar-refractivity contribution in [3.05, 3.63) is 35.4 Å². The summed E-state index contributed by atoms with van der Waals surface area (Å²) < 4.78 is 0. The zero-order valence-corrected chi connectivity index (χ0v) is 13.7. The summed E-state index contributed by atoms with van der Waals surface area (Å²) in [6, 6.07) is 8.38. The van der Waals surface area contributed by atoms with Gasteiger partial charge in [0.1, 0.15) is 0 Å². The van der Waals surface area contributed by atoms with E-state index in [-0.39, 0.29) is 0 Å². The van der Waals surface area contributed by atoms with Crippen molar-refractivity contribution in [1.29, 1.82) is 0 Å². The normalized spacial score (nSPS) is 14.1. The van der Waals surface area contributed by atoms with Gasteiger partial charge in [0.2, 0.25) is 0 Å². The molecular formula is C18H29NO2. The fourth-order valence-electron chi connectivity index (χ4n) is 2.29. The molecule has 1 rings (SSSR count). The van der Waals surface area contributed by atoms with Crippen LogP contribution in [0.5, 0.6) is 0 Å². The third kappa shape index (κ3) is 6.76. The van der Waals surface area contributed by atoms with Crippen molar-refractivity contribution >= 4 is 5.97 Å². The first-order valence-corrected chi connectivity index (χ1v) is 7.95. The summed E-state index contributed by atoms with van der Waals surface area (Å²) in [5.74, 6) is -0.442. The first-order valence-electron chi connectivity index (χ1n) is 7.95. The first kappa shape index (κ1) is 17.7. The van der Waals surface area contributed by atoms with Gasteiger partial charge >= 0.3 is 5.97 Å². The average Bonchev–Trinajstić information content (AvgIpc) is 2.44. The minimum Gasteiger partial charge on any atom is -0.481 e. The van der Waals surface area contributed by atoms with E-state index < -0.39 is 11.9 Å². The van der Waals surface area contributed by atoms with Crippen LogP contribution in [0.15, 0.2) is 24.3 Å². The fourth-order valence-corrected chi connectivity index (χ4v) is 2.29. The summed E-state index contributed by atoms with van der Waals surface area (Å²) in [6.07, 6.45) is 3.75. The van der Waals surface area contributed by atoms with E-state index in [0.29, 0.717) is 6.04 Å². The molecule has 1 aromatic rings. The van der Waals surface area contributed by atoms with Crippen molar-refractivity contribution in [2.45, 2.75) is 65.5 Å². The van der Waals surface area contributed by atoms with Crippen molar-refractivity contribution < 1.29 is 9.90 Å². The van der Waals surface area contributed by atoms with E-state index in [4.69, 9.17) is 5.11 Å². The van der Waals surface area contributed by atoms with Gasteiger partial charge in [0.05, 0.1) is 5.92 Å². The third-order valence-electron chi connectivity index (χ3n) is 3.92. The van der Waals surface area contributed by atoms with Crippen molar-refractivity contribution in [2.75, 3.05) is 0 Å². The highest BCUT2D eigenvalue weighted by Crippen LogP contribution is 2.16. The molecule has 21 heavy (non-hydrogen) atoms. The molecule has 0 aliphatic heterocycles. The fraction of sp³-hybridized carbons (Fsp3) is 0.611. The number of nitrogens with one attached hydrogen (secondary N) is 1. The molecule has 1 aromatic carbocycles. The number of carboxylic acid groups (broad SMARTS) is 1.